The number of nitrogens with zero attached hydrogens (tertiary/aromatic N) is 3. The molecular weight excluding hydrogens is 288 g/mol. The molecule has 0 spiro atoms. The van der Waals surface area contributed by atoms with Crippen LogP contribution in [-0.2, 0) is 10.2 Å². The van der Waals surface area contributed by atoms with E-state index in [1.807, 2.05) is 0 Å². The van der Waals surface area contributed by atoms with Crippen molar-refractivity contribution < 1.29 is 23.0 Å². The van der Waals surface area contributed by atoms with Crippen molar-refractivity contribution >= 4 is 16.2 Å². The Labute approximate surface area is 117 Å². The summed E-state index contributed by atoms with van der Waals surface area (Å²) in [7, 11) is 0.377. The van der Waals surface area contributed by atoms with Gasteiger partial charge in [0.1, 0.15) is 0 Å². The van der Waals surface area contributed by atoms with Gasteiger partial charge in [-0.1, -0.05) is 0 Å². The molecule has 0 unspecified atom stereocenters. The van der Waals surface area contributed by atoms with E-state index in [1.165, 1.54) is 27.3 Å². The Morgan fingerprint density at radius 2 is 1.85 bits per heavy atom. The van der Waals surface area contributed by atoms with Gasteiger partial charge in [0, 0.05) is 20.2 Å². The predicted molar refractivity (Wildman–Crippen MR) is 72.0 cm³/mol. The molecule has 0 amide bonds. The van der Waals surface area contributed by atoms with E-state index in [0.29, 0.717) is 6.42 Å². The number of aliphatic hydroxyl groups is 1. The van der Waals surface area contributed by atoms with Gasteiger partial charge in [-0.05, 0) is 6.42 Å². The fraction of sp³-hybridized carbons (Fsp3) is 0.600. The maximum absolute atomic E-state index is 12.0. The molecule has 0 aromatic carbocycles. The first-order valence-electron chi connectivity index (χ1n) is 5.75. The number of methoxy groups -OCH3 is 2. The molecule has 114 valence electrons. The van der Waals surface area contributed by atoms with E-state index in [1.54, 1.807) is 0 Å². The number of rotatable bonds is 8. The SMILES string of the molecule is COc1cc(OC)nc(NS(=O)(=O)N(C)CCCO)n1. The summed E-state index contributed by atoms with van der Waals surface area (Å²) >= 11 is 0. The monoisotopic (exact) mass is 306 g/mol. The van der Waals surface area contributed by atoms with Crippen LogP contribution in [0.1, 0.15) is 6.42 Å². The van der Waals surface area contributed by atoms with Crippen LogP contribution in [0.5, 0.6) is 11.8 Å². The van der Waals surface area contributed by atoms with Crippen molar-refractivity contribution in [1.29, 1.82) is 0 Å². The van der Waals surface area contributed by atoms with Gasteiger partial charge in [-0.25, -0.2) is 4.72 Å². The number of ether oxygens (including phenoxy) is 2. The van der Waals surface area contributed by atoms with Gasteiger partial charge in [-0.15, -0.1) is 0 Å². The quantitative estimate of drug-likeness (QED) is 0.663. The van der Waals surface area contributed by atoms with Gasteiger partial charge in [-0.3, -0.25) is 0 Å². The molecule has 0 saturated carbocycles. The highest BCUT2D eigenvalue weighted by Crippen LogP contribution is 2.18. The van der Waals surface area contributed by atoms with Gasteiger partial charge < -0.3 is 14.6 Å². The Bertz CT molecular complexity index is 514. The third kappa shape index (κ3) is 4.47. The third-order valence-electron chi connectivity index (χ3n) is 2.36. The van der Waals surface area contributed by atoms with E-state index >= 15 is 0 Å². The van der Waals surface area contributed by atoms with E-state index in [0.717, 1.165) is 4.31 Å². The Balaban J connectivity index is 2.91. The molecule has 2 N–H and O–H groups in total. The Morgan fingerprint density at radius 1 is 1.30 bits per heavy atom. The second kappa shape index (κ2) is 7.22. The molecule has 1 aromatic heterocycles. The topological polar surface area (TPSA) is 114 Å². The van der Waals surface area contributed by atoms with Crippen molar-refractivity contribution in [3.05, 3.63) is 6.07 Å². The Morgan fingerprint density at radius 3 is 2.30 bits per heavy atom. The maximum atomic E-state index is 12.0. The summed E-state index contributed by atoms with van der Waals surface area (Å²) in [6, 6.07) is 1.42. The maximum Gasteiger partial charge on any atom is 0.303 e. The first-order chi connectivity index (χ1) is 9.42. The zero-order valence-electron chi connectivity index (χ0n) is 11.5. The van der Waals surface area contributed by atoms with Crippen LogP contribution in [0.15, 0.2) is 6.07 Å². The number of nitrogens with one attached hydrogen (secondary N) is 1. The molecule has 0 radical (unpaired) electrons. The minimum atomic E-state index is -3.80. The van der Waals surface area contributed by atoms with Crippen molar-refractivity contribution in [2.45, 2.75) is 6.42 Å². The molecule has 0 aliphatic rings. The molecule has 0 atom stereocenters. The standard InChI is InChI=1S/C10H18N4O5S/c1-14(5-4-6-15)20(16,17)13-10-11-8(18-2)7-9(12-10)19-3/h7,15H,4-6H2,1-3H3,(H,11,12,13). The first kappa shape index (κ1) is 16.4. The van der Waals surface area contributed by atoms with Crippen LogP contribution in [0, 0.1) is 0 Å². The molecule has 0 saturated heterocycles. The minimum Gasteiger partial charge on any atom is -0.481 e. The van der Waals surface area contributed by atoms with Crippen molar-refractivity contribution in [3.63, 3.8) is 0 Å². The fourth-order valence-corrected chi connectivity index (χ4v) is 2.11. The second-order valence-electron chi connectivity index (χ2n) is 3.78. The third-order valence-corrected chi connectivity index (χ3v) is 3.80. The number of hydrogen-bond donors (Lipinski definition) is 2. The van der Waals surface area contributed by atoms with Crippen LogP contribution in [0.25, 0.3) is 0 Å². The van der Waals surface area contributed by atoms with E-state index in [4.69, 9.17) is 14.6 Å². The van der Waals surface area contributed by atoms with Crippen LogP contribution in [0.4, 0.5) is 5.95 Å². The van der Waals surface area contributed by atoms with Gasteiger partial charge >= 0.3 is 10.2 Å². The highest BCUT2D eigenvalue weighted by atomic mass is 32.2. The van der Waals surface area contributed by atoms with Gasteiger partial charge in [0.25, 0.3) is 0 Å². The molecule has 1 aromatic rings. The van der Waals surface area contributed by atoms with Crippen LogP contribution in [-0.4, -0.2) is 62.2 Å². The molecular formula is C10H18N4O5S. The summed E-state index contributed by atoms with van der Waals surface area (Å²) < 4.78 is 37.1. The lowest BCUT2D eigenvalue weighted by Gasteiger charge is -2.17. The molecule has 0 aliphatic carbocycles. The minimum absolute atomic E-state index is 0.0939. The summed E-state index contributed by atoms with van der Waals surface area (Å²) in [5, 5.41) is 8.71. The summed E-state index contributed by atoms with van der Waals surface area (Å²) in [4.78, 5) is 7.74. The lowest BCUT2D eigenvalue weighted by molar-refractivity contribution is 0.276. The van der Waals surface area contributed by atoms with Gasteiger partial charge in [0.2, 0.25) is 17.7 Å². The van der Waals surface area contributed by atoms with Crippen molar-refractivity contribution in [1.82, 2.24) is 14.3 Å². The van der Waals surface area contributed by atoms with E-state index in [2.05, 4.69) is 14.7 Å². The molecule has 1 rings (SSSR count). The summed E-state index contributed by atoms with van der Waals surface area (Å²) in [6.07, 6.45) is 0.333. The van der Waals surface area contributed by atoms with Crippen LogP contribution < -0.4 is 14.2 Å². The largest absolute Gasteiger partial charge is 0.481 e. The van der Waals surface area contributed by atoms with Crippen molar-refractivity contribution in [2.75, 3.05) is 39.1 Å². The number of hydrogen-bond acceptors (Lipinski definition) is 7. The molecule has 10 heteroatoms. The average molecular weight is 306 g/mol. The normalized spacial score (nSPS) is 11.4. The lowest BCUT2D eigenvalue weighted by atomic mass is 10.5. The van der Waals surface area contributed by atoms with Crippen molar-refractivity contribution in [2.24, 2.45) is 0 Å². The average Bonchev–Trinajstić information content (AvgIpc) is 2.43. The highest BCUT2D eigenvalue weighted by molar-refractivity contribution is 7.90. The zero-order chi connectivity index (χ0) is 15.2. The van der Waals surface area contributed by atoms with Gasteiger partial charge in [-0.2, -0.15) is 22.7 Å². The molecule has 20 heavy (non-hydrogen) atoms. The Hall–Kier alpha value is -1.65. The van der Waals surface area contributed by atoms with Gasteiger partial charge in [0.05, 0.1) is 20.3 Å². The lowest BCUT2D eigenvalue weighted by Crippen LogP contribution is -2.34. The Kier molecular flexibility index (Phi) is 5.92. The predicted octanol–water partition coefficient (Wildman–Crippen LogP) is -0.535. The number of aromatic nitrogens is 2. The van der Waals surface area contributed by atoms with E-state index in [-0.39, 0.29) is 30.9 Å². The molecule has 0 fully saturated rings. The molecule has 1 heterocycles. The number of anilines is 1. The van der Waals surface area contributed by atoms with E-state index < -0.39 is 10.2 Å². The van der Waals surface area contributed by atoms with Crippen molar-refractivity contribution in [3.8, 4) is 11.8 Å². The smallest absolute Gasteiger partial charge is 0.303 e. The van der Waals surface area contributed by atoms with Crippen LogP contribution >= 0.6 is 0 Å². The highest BCUT2D eigenvalue weighted by Gasteiger charge is 2.19. The first-order valence-corrected chi connectivity index (χ1v) is 7.19. The van der Waals surface area contributed by atoms with Crippen LogP contribution in [0.2, 0.25) is 0 Å². The summed E-state index contributed by atoms with van der Waals surface area (Å²) in [5.41, 5.74) is 0. The van der Waals surface area contributed by atoms with E-state index in [9.17, 15) is 8.42 Å². The van der Waals surface area contributed by atoms with Gasteiger partial charge in [0.15, 0.2) is 0 Å². The molecule has 9 nitrogen and oxygen atoms in total. The fourth-order valence-electron chi connectivity index (χ4n) is 1.27. The number of aliphatic hydroxyl groups excluding tert-OH is 1. The summed E-state index contributed by atoms with van der Waals surface area (Å²) in [6.45, 7) is 0.0796. The zero-order valence-corrected chi connectivity index (χ0v) is 12.3. The second-order valence-corrected chi connectivity index (χ2v) is 5.56. The van der Waals surface area contributed by atoms with Crippen LogP contribution in [0.3, 0.4) is 0 Å². The molecule has 0 aliphatic heterocycles. The summed E-state index contributed by atoms with van der Waals surface area (Å²) in [5.74, 6) is 0.192. The molecule has 0 bridgehead atoms.